The summed E-state index contributed by atoms with van der Waals surface area (Å²) >= 11 is 0. The summed E-state index contributed by atoms with van der Waals surface area (Å²) in [6, 6.07) is 5.90. The van der Waals surface area contributed by atoms with E-state index in [1.54, 1.807) is 16.8 Å². The molecule has 1 aliphatic heterocycles. The Kier molecular flexibility index (Phi) is 6.59. The summed E-state index contributed by atoms with van der Waals surface area (Å²) in [6.07, 6.45) is 0.272. The van der Waals surface area contributed by atoms with E-state index < -0.39 is 0 Å². The van der Waals surface area contributed by atoms with E-state index in [2.05, 4.69) is 0 Å². The topological polar surface area (TPSA) is 66.6 Å². The number of carbonyl (C=O) groups is 2. The van der Waals surface area contributed by atoms with Crippen molar-refractivity contribution in [2.75, 3.05) is 25.0 Å². The predicted octanol–water partition coefficient (Wildman–Crippen LogP) is 1.88. The van der Waals surface area contributed by atoms with E-state index in [9.17, 15) is 9.59 Å². The number of carbonyl (C=O) groups excluding carboxylic acids is 2. The number of hydrogen-bond acceptors (Lipinski definition) is 3. The fourth-order valence-corrected chi connectivity index (χ4v) is 2.80. The minimum atomic E-state index is -0.286. The first-order chi connectivity index (χ1) is 10.4. The molecule has 1 aliphatic rings. The maximum absolute atomic E-state index is 12.5. The van der Waals surface area contributed by atoms with Crippen LogP contribution in [-0.2, 0) is 9.59 Å². The SMILES string of the molecule is Cc1cccc(N2CC(C(=O)N(C)C(C)CN)CC2=O)c1C.Cl. The molecule has 0 spiro atoms. The number of anilines is 1. The van der Waals surface area contributed by atoms with Gasteiger partial charge in [0.25, 0.3) is 0 Å². The van der Waals surface area contributed by atoms with Gasteiger partial charge in [-0.05, 0) is 38.0 Å². The molecule has 23 heavy (non-hydrogen) atoms. The summed E-state index contributed by atoms with van der Waals surface area (Å²) in [5.74, 6) is -0.272. The van der Waals surface area contributed by atoms with Crippen molar-refractivity contribution in [2.24, 2.45) is 11.7 Å². The fourth-order valence-electron chi connectivity index (χ4n) is 2.80. The lowest BCUT2D eigenvalue weighted by Gasteiger charge is -2.26. The molecule has 2 amide bonds. The molecule has 6 heteroatoms. The van der Waals surface area contributed by atoms with Crippen LogP contribution in [0.25, 0.3) is 0 Å². The Bertz CT molecular complexity index is 591. The molecule has 0 aliphatic carbocycles. The van der Waals surface area contributed by atoms with Gasteiger partial charge in [-0.1, -0.05) is 12.1 Å². The van der Waals surface area contributed by atoms with Crippen molar-refractivity contribution in [1.29, 1.82) is 0 Å². The molecular formula is C17H26ClN3O2. The van der Waals surface area contributed by atoms with E-state index in [0.29, 0.717) is 13.1 Å². The van der Waals surface area contributed by atoms with Gasteiger partial charge >= 0.3 is 0 Å². The molecule has 1 aromatic rings. The van der Waals surface area contributed by atoms with E-state index in [4.69, 9.17) is 5.73 Å². The van der Waals surface area contributed by atoms with Gasteiger partial charge in [0.1, 0.15) is 0 Å². The van der Waals surface area contributed by atoms with Crippen molar-refractivity contribution in [3.05, 3.63) is 29.3 Å². The summed E-state index contributed by atoms with van der Waals surface area (Å²) in [7, 11) is 1.75. The van der Waals surface area contributed by atoms with Crippen LogP contribution in [0.2, 0.25) is 0 Å². The Hall–Kier alpha value is -1.59. The lowest BCUT2D eigenvalue weighted by molar-refractivity contribution is -0.136. The van der Waals surface area contributed by atoms with Crippen molar-refractivity contribution in [3.8, 4) is 0 Å². The van der Waals surface area contributed by atoms with Crippen LogP contribution in [0, 0.1) is 19.8 Å². The number of likely N-dealkylation sites (N-methyl/N-ethyl adjacent to an activating group) is 1. The number of amides is 2. The van der Waals surface area contributed by atoms with E-state index >= 15 is 0 Å². The normalized spacial score (nSPS) is 18.6. The Morgan fingerprint density at radius 2 is 2.09 bits per heavy atom. The smallest absolute Gasteiger partial charge is 0.228 e. The molecule has 5 nitrogen and oxygen atoms in total. The molecule has 2 N–H and O–H groups in total. The summed E-state index contributed by atoms with van der Waals surface area (Å²) in [4.78, 5) is 28.3. The largest absolute Gasteiger partial charge is 0.341 e. The molecule has 128 valence electrons. The number of rotatable bonds is 4. The average molecular weight is 340 g/mol. The minimum Gasteiger partial charge on any atom is -0.341 e. The third kappa shape index (κ3) is 3.85. The van der Waals surface area contributed by atoms with Crippen molar-refractivity contribution in [1.82, 2.24) is 4.90 Å². The third-order valence-corrected chi connectivity index (χ3v) is 4.69. The number of nitrogens with two attached hydrogens (primary N) is 1. The van der Waals surface area contributed by atoms with E-state index in [-0.39, 0.29) is 42.6 Å². The van der Waals surface area contributed by atoms with E-state index in [1.807, 2.05) is 39.0 Å². The van der Waals surface area contributed by atoms with Crippen molar-refractivity contribution in [2.45, 2.75) is 33.2 Å². The van der Waals surface area contributed by atoms with Crippen LogP contribution in [0.3, 0.4) is 0 Å². The number of nitrogens with zero attached hydrogens (tertiary/aromatic N) is 2. The molecule has 1 heterocycles. The zero-order valence-corrected chi connectivity index (χ0v) is 15.0. The number of hydrogen-bond donors (Lipinski definition) is 1. The zero-order chi connectivity index (χ0) is 16.4. The highest BCUT2D eigenvalue weighted by molar-refractivity contribution is 6.00. The van der Waals surface area contributed by atoms with Crippen molar-refractivity contribution >= 4 is 29.9 Å². The number of halogens is 1. The van der Waals surface area contributed by atoms with Gasteiger partial charge in [-0.15, -0.1) is 12.4 Å². The van der Waals surface area contributed by atoms with Crippen LogP contribution in [0.5, 0.6) is 0 Å². The van der Waals surface area contributed by atoms with Gasteiger partial charge in [0, 0.05) is 38.3 Å². The second kappa shape index (κ2) is 7.79. The summed E-state index contributed by atoms with van der Waals surface area (Å²) in [5, 5.41) is 0. The summed E-state index contributed by atoms with van der Waals surface area (Å²) in [6.45, 7) is 6.82. The Morgan fingerprint density at radius 3 is 2.70 bits per heavy atom. The lowest BCUT2D eigenvalue weighted by atomic mass is 10.1. The molecule has 2 rings (SSSR count). The lowest BCUT2D eigenvalue weighted by Crippen LogP contribution is -2.43. The molecule has 1 aromatic carbocycles. The Labute approximate surface area is 144 Å². The number of benzene rings is 1. The molecule has 1 fully saturated rings. The molecule has 2 atom stereocenters. The van der Waals surface area contributed by atoms with Gasteiger partial charge in [0.15, 0.2) is 0 Å². The summed E-state index contributed by atoms with van der Waals surface area (Å²) < 4.78 is 0. The van der Waals surface area contributed by atoms with Gasteiger partial charge in [-0.25, -0.2) is 0 Å². The van der Waals surface area contributed by atoms with Crippen LogP contribution in [-0.4, -0.2) is 42.9 Å². The van der Waals surface area contributed by atoms with E-state index in [1.165, 1.54) is 0 Å². The van der Waals surface area contributed by atoms with Gasteiger partial charge < -0.3 is 15.5 Å². The quantitative estimate of drug-likeness (QED) is 0.910. The first-order valence-electron chi connectivity index (χ1n) is 7.70. The molecule has 1 saturated heterocycles. The van der Waals surface area contributed by atoms with Crippen LogP contribution in [0.1, 0.15) is 24.5 Å². The fraction of sp³-hybridized carbons (Fsp3) is 0.529. The summed E-state index contributed by atoms with van der Waals surface area (Å²) in [5.41, 5.74) is 8.77. The minimum absolute atomic E-state index is 0. The highest BCUT2D eigenvalue weighted by Gasteiger charge is 2.37. The average Bonchev–Trinajstić information content (AvgIpc) is 2.89. The third-order valence-electron chi connectivity index (χ3n) is 4.69. The zero-order valence-electron chi connectivity index (χ0n) is 14.2. The first-order valence-corrected chi connectivity index (χ1v) is 7.70. The molecule has 0 aromatic heterocycles. The maximum atomic E-state index is 12.5. The van der Waals surface area contributed by atoms with Crippen LogP contribution in [0.15, 0.2) is 18.2 Å². The molecule has 0 saturated carbocycles. The van der Waals surface area contributed by atoms with Crippen LogP contribution < -0.4 is 10.6 Å². The molecule has 0 radical (unpaired) electrons. The monoisotopic (exact) mass is 339 g/mol. The predicted molar refractivity (Wildman–Crippen MR) is 94.9 cm³/mol. The molecule has 0 bridgehead atoms. The number of aryl methyl sites for hydroxylation is 1. The molecular weight excluding hydrogens is 314 g/mol. The Morgan fingerprint density at radius 1 is 1.43 bits per heavy atom. The highest BCUT2D eigenvalue weighted by atomic mass is 35.5. The first kappa shape index (κ1) is 19.5. The van der Waals surface area contributed by atoms with Gasteiger partial charge in [-0.2, -0.15) is 0 Å². The van der Waals surface area contributed by atoms with Crippen molar-refractivity contribution < 1.29 is 9.59 Å². The van der Waals surface area contributed by atoms with Crippen LogP contribution >= 0.6 is 12.4 Å². The van der Waals surface area contributed by atoms with Gasteiger partial charge in [-0.3, -0.25) is 9.59 Å². The standard InChI is InChI=1S/C17H25N3O2.ClH/c1-11-6-5-7-15(13(11)3)20-10-14(8-16(20)21)17(22)19(4)12(2)9-18;/h5-7,12,14H,8-10,18H2,1-4H3;1H. The van der Waals surface area contributed by atoms with E-state index in [0.717, 1.165) is 16.8 Å². The maximum Gasteiger partial charge on any atom is 0.228 e. The highest BCUT2D eigenvalue weighted by Crippen LogP contribution is 2.30. The molecule has 2 unspecified atom stereocenters. The second-order valence-electron chi connectivity index (χ2n) is 6.16. The second-order valence-corrected chi connectivity index (χ2v) is 6.16. The van der Waals surface area contributed by atoms with Gasteiger partial charge in [0.2, 0.25) is 11.8 Å². The Balaban J connectivity index is 0.00000264. The van der Waals surface area contributed by atoms with Crippen molar-refractivity contribution in [3.63, 3.8) is 0 Å². The van der Waals surface area contributed by atoms with Gasteiger partial charge in [0.05, 0.1) is 5.92 Å². The van der Waals surface area contributed by atoms with Crippen LogP contribution in [0.4, 0.5) is 5.69 Å².